The summed E-state index contributed by atoms with van der Waals surface area (Å²) in [5, 5.41) is 17.0. The molecule has 4 aliphatic heterocycles. The molecule has 26 heteroatoms. The van der Waals surface area contributed by atoms with Crippen LogP contribution in [0, 0.1) is 0 Å². The molecule has 0 aliphatic carbocycles. The van der Waals surface area contributed by atoms with E-state index in [0.29, 0.717) is 11.1 Å². The van der Waals surface area contributed by atoms with Crippen LogP contribution in [0.5, 0.6) is 0 Å². The van der Waals surface area contributed by atoms with Gasteiger partial charge in [0, 0.05) is 11.1 Å². The molecule has 10 atom stereocenters. The normalized spacial score (nSPS) is 32.5. The van der Waals surface area contributed by atoms with Gasteiger partial charge >= 0.3 is 13.6 Å². The molecule has 3 N–H and O–H groups in total. The smallest absolute Gasteiger partial charge is 0.386 e. The molecule has 4 aromatic heterocycles. The molecule has 8 heterocycles. The fourth-order valence-corrected chi connectivity index (χ4v) is 10.6. The number of nitrogens with zero attached hydrogens (tertiary/aromatic N) is 8. The minimum atomic E-state index is -4.45. The lowest BCUT2D eigenvalue weighted by Crippen LogP contribution is -2.45. The lowest BCUT2D eigenvalue weighted by molar-refractivity contribution is -0.182. The van der Waals surface area contributed by atoms with E-state index in [1.165, 1.54) is 34.4 Å². The topological polar surface area (TPSA) is 264 Å². The molecule has 316 valence electrons. The number of aliphatic hydroxyl groups excluding tert-OH is 1. The SMILES string of the molecule is O=C(Nc1ncnc2c1ncn2[C@@H]1O[C@@H]2CO[P@@](=O)(S)O[C@H]3[C@H]4OC[C@]3(CO[P@](=O)(S)O[C@@H]1[C@@H]2O)O[C@H]4n1cnc2c(NC(=O)c3ccccc3)ncnc21)c1ccccc1. The number of nitrogens with one attached hydrogen (secondary N) is 2. The number of amides is 2. The Labute approximate surface area is 354 Å². The molecule has 10 rings (SSSR count). The van der Waals surface area contributed by atoms with Crippen LogP contribution in [-0.2, 0) is 41.4 Å². The predicted octanol–water partition coefficient (Wildman–Crippen LogP) is 3.99. The van der Waals surface area contributed by atoms with Crippen LogP contribution in [0.15, 0.2) is 86.0 Å². The molecular weight excluding hydrogens is 879 g/mol. The summed E-state index contributed by atoms with van der Waals surface area (Å²) >= 11 is 8.53. The first-order valence-corrected chi connectivity index (χ1v) is 23.8. The summed E-state index contributed by atoms with van der Waals surface area (Å²) in [5.74, 6) is -0.649. The molecule has 4 fully saturated rings. The summed E-state index contributed by atoms with van der Waals surface area (Å²) in [6.07, 6.45) is -3.73. The largest absolute Gasteiger partial charge is 0.387 e. The molecule has 0 unspecified atom stereocenters. The summed E-state index contributed by atoms with van der Waals surface area (Å²) in [6, 6.07) is 17.0. The zero-order valence-electron chi connectivity index (χ0n) is 31.1. The van der Waals surface area contributed by atoms with E-state index in [4.69, 9.17) is 32.3 Å². The number of anilines is 2. The van der Waals surface area contributed by atoms with Gasteiger partial charge in [0.2, 0.25) is 0 Å². The van der Waals surface area contributed by atoms with Crippen LogP contribution < -0.4 is 10.6 Å². The maximum Gasteiger partial charge on any atom is 0.386 e. The van der Waals surface area contributed by atoms with Gasteiger partial charge in [0.1, 0.15) is 48.8 Å². The van der Waals surface area contributed by atoms with Crippen molar-refractivity contribution in [3.8, 4) is 0 Å². The van der Waals surface area contributed by atoms with Crippen LogP contribution in [0.3, 0.4) is 0 Å². The Morgan fingerprint density at radius 1 is 0.721 bits per heavy atom. The van der Waals surface area contributed by atoms with Crippen molar-refractivity contribution in [2.24, 2.45) is 0 Å². The second-order valence-electron chi connectivity index (χ2n) is 14.2. The highest BCUT2D eigenvalue weighted by atomic mass is 32.7. The molecule has 4 bridgehead atoms. The van der Waals surface area contributed by atoms with Crippen LogP contribution in [-0.4, -0.2) is 112 Å². The molecule has 61 heavy (non-hydrogen) atoms. The van der Waals surface area contributed by atoms with Gasteiger partial charge in [0.15, 0.2) is 46.4 Å². The number of hydrogen-bond acceptors (Lipinski definition) is 18. The van der Waals surface area contributed by atoms with Gasteiger partial charge in [-0.1, -0.05) is 60.9 Å². The van der Waals surface area contributed by atoms with Gasteiger partial charge in [-0.15, -0.1) is 0 Å². The molecule has 6 aromatic rings. The van der Waals surface area contributed by atoms with Crippen molar-refractivity contribution >= 4 is 83.9 Å². The fourth-order valence-electron chi connectivity index (χ4n) is 7.58. The number of aromatic nitrogens is 8. The Bertz CT molecular complexity index is 2770. The summed E-state index contributed by atoms with van der Waals surface area (Å²) in [5.41, 5.74) is -0.0401. The van der Waals surface area contributed by atoms with Gasteiger partial charge in [0.05, 0.1) is 32.5 Å². The zero-order chi connectivity index (χ0) is 42.1. The average Bonchev–Trinajstić information content (AvgIpc) is 4.08. The number of carbonyl (C=O) groups excluding carboxylic acids is 2. The number of hydrogen-bond donors (Lipinski definition) is 5. The molecule has 0 radical (unpaired) electrons. The number of thiol groups is 2. The summed E-state index contributed by atoms with van der Waals surface area (Å²) in [6.45, 7) is -10.1. The Morgan fingerprint density at radius 2 is 1.28 bits per heavy atom. The van der Waals surface area contributed by atoms with Crippen molar-refractivity contribution in [2.45, 2.75) is 48.6 Å². The van der Waals surface area contributed by atoms with Crippen molar-refractivity contribution in [1.82, 2.24) is 39.0 Å². The van der Waals surface area contributed by atoms with Gasteiger partial charge < -0.3 is 30.0 Å². The number of aliphatic hydroxyl groups is 1. The minimum Gasteiger partial charge on any atom is -0.387 e. The predicted molar refractivity (Wildman–Crippen MR) is 217 cm³/mol. The molecule has 4 aliphatic rings. The highest BCUT2D eigenvalue weighted by Gasteiger charge is 2.66. The van der Waals surface area contributed by atoms with E-state index in [1.54, 1.807) is 60.7 Å². The monoisotopic (exact) mass is 910 g/mol. The van der Waals surface area contributed by atoms with Crippen molar-refractivity contribution in [2.75, 3.05) is 30.5 Å². The maximum absolute atomic E-state index is 14.1. The van der Waals surface area contributed by atoms with E-state index in [9.17, 15) is 23.8 Å². The Balaban J connectivity index is 0.924. The van der Waals surface area contributed by atoms with Crippen molar-refractivity contribution in [3.63, 3.8) is 0 Å². The first-order chi connectivity index (χ1) is 29.4. The summed E-state index contributed by atoms with van der Waals surface area (Å²) in [7, 11) is 0. The standard InChI is InChI=1S/C35H32N10O12P2S2/c46-23-20-11-52-58(49,60)57-26-25-34(45-17-41-22-28(37-15-39-30(22)45)43-32(48)19-9-5-2-6-10-19)55-35(26,12-51-25)13-53-59(50,61)56-24(23)33(54-20)44-16-40-21-27(36-14-38-29(21)44)42-31(47)18-7-3-1-4-8-18/h1-10,14-17,20,23-26,33-34,46H,11-13H2,(H,49,60)(H,50,61)(H,36,38,42,47)(H,37,39,43,48)/t20-,23-,24-,25-,26+,33-,34-,35-,58-,59+/m1/s1. The quantitative estimate of drug-likeness (QED) is 0.117. The van der Waals surface area contributed by atoms with Gasteiger partial charge in [-0.25, -0.2) is 39.0 Å². The van der Waals surface area contributed by atoms with Crippen LogP contribution in [0.4, 0.5) is 11.6 Å². The number of carbonyl (C=O) groups is 2. The van der Waals surface area contributed by atoms with E-state index in [2.05, 4.69) is 65.0 Å². The van der Waals surface area contributed by atoms with Crippen LogP contribution in [0.2, 0.25) is 0 Å². The molecule has 22 nitrogen and oxygen atoms in total. The van der Waals surface area contributed by atoms with E-state index in [-0.39, 0.29) is 40.6 Å². The highest BCUT2D eigenvalue weighted by Crippen LogP contribution is 2.63. The van der Waals surface area contributed by atoms with E-state index in [0.717, 1.165) is 0 Å². The molecular formula is C35H32N10O12P2S2. The maximum atomic E-state index is 14.1. The Kier molecular flexibility index (Phi) is 10.3. The summed E-state index contributed by atoms with van der Waals surface area (Å²) in [4.78, 5) is 51.9. The molecule has 0 spiro atoms. The van der Waals surface area contributed by atoms with E-state index >= 15 is 0 Å². The first-order valence-electron chi connectivity index (χ1n) is 18.4. The van der Waals surface area contributed by atoms with Crippen molar-refractivity contribution < 1.29 is 56.1 Å². The van der Waals surface area contributed by atoms with Crippen LogP contribution >= 0.6 is 38.1 Å². The number of imidazole rings is 2. The highest BCUT2D eigenvalue weighted by molar-refractivity contribution is 8.44. The molecule has 2 aromatic carbocycles. The average molecular weight is 911 g/mol. The van der Waals surface area contributed by atoms with E-state index in [1.807, 2.05) is 0 Å². The van der Waals surface area contributed by atoms with Crippen molar-refractivity contribution in [1.29, 1.82) is 0 Å². The third-order valence-electron chi connectivity index (χ3n) is 10.5. The first kappa shape index (κ1) is 40.4. The second-order valence-corrected chi connectivity index (χ2v) is 20.0. The van der Waals surface area contributed by atoms with Gasteiger partial charge in [0.25, 0.3) is 11.8 Å². The van der Waals surface area contributed by atoms with E-state index < -0.39 is 87.2 Å². The lowest BCUT2D eigenvalue weighted by atomic mass is 10.0. The zero-order valence-corrected chi connectivity index (χ0v) is 34.6. The second kappa shape index (κ2) is 15.6. The third-order valence-corrected chi connectivity index (χ3v) is 13.7. The van der Waals surface area contributed by atoms with Gasteiger partial charge in [-0.3, -0.25) is 36.8 Å². The van der Waals surface area contributed by atoms with Gasteiger partial charge in [-0.05, 0) is 24.3 Å². The minimum absolute atomic E-state index is 0.0826. The number of fused-ring (bicyclic) bond motifs is 4. The Morgan fingerprint density at radius 3 is 1.87 bits per heavy atom. The fraction of sp³-hybridized carbons (Fsp3) is 0.314. The molecule has 0 saturated carbocycles. The summed E-state index contributed by atoms with van der Waals surface area (Å²) < 4.78 is 73.4. The molecule has 4 saturated heterocycles. The Hall–Kier alpha value is -4.68. The third kappa shape index (κ3) is 7.45. The number of benzene rings is 2. The van der Waals surface area contributed by atoms with Crippen molar-refractivity contribution in [3.05, 3.63) is 97.1 Å². The van der Waals surface area contributed by atoms with Crippen LogP contribution in [0.25, 0.3) is 22.3 Å². The number of rotatable bonds is 6. The molecule has 2 amide bonds. The lowest BCUT2D eigenvalue weighted by Gasteiger charge is -2.32. The number of ether oxygens (including phenoxy) is 3. The van der Waals surface area contributed by atoms with Gasteiger partial charge in [-0.2, -0.15) is 0 Å². The van der Waals surface area contributed by atoms with Crippen LogP contribution in [0.1, 0.15) is 33.2 Å².